The van der Waals surface area contributed by atoms with Gasteiger partial charge in [-0.3, -0.25) is 0 Å². The lowest BCUT2D eigenvalue weighted by molar-refractivity contribution is 0.588. The molecule has 9 heteroatoms. The Kier molecular flexibility index (Phi) is 4.62. The molecule has 0 bridgehead atoms. The molecule has 0 spiro atoms. The summed E-state index contributed by atoms with van der Waals surface area (Å²) in [4.78, 5) is 13.5. The number of aromatic nitrogens is 4. The molecule has 0 aliphatic heterocycles. The maximum absolute atomic E-state index is 13.3. The van der Waals surface area contributed by atoms with Crippen LogP contribution in [0.25, 0.3) is 11.2 Å². The Morgan fingerprint density at radius 1 is 1.06 bits per heavy atom. The topological polar surface area (TPSA) is 102 Å². The molecule has 0 radical (unpaired) electrons. The van der Waals surface area contributed by atoms with E-state index in [-0.39, 0.29) is 16.6 Å². The van der Waals surface area contributed by atoms with E-state index in [0.29, 0.717) is 17.3 Å². The molecule has 5 rings (SSSR count). The van der Waals surface area contributed by atoms with E-state index in [1.54, 1.807) is 31.3 Å². The maximum atomic E-state index is 13.3. The number of hydrogen-bond donors (Lipinski definition) is 2. The molecule has 2 aromatic heterocycles. The maximum Gasteiger partial charge on any atom is 0.270 e. The number of benzene rings is 2. The van der Waals surface area contributed by atoms with Crippen molar-refractivity contribution in [3.05, 3.63) is 71.5 Å². The third-order valence-electron chi connectivity index (χ3n) is 5.61. The van der Waals surface area contributed by atoms with Gasteiger partial charge >= 0.3 is 0 Å². The molecule has 0 fully saturated rings. The summed E-state index contributed by atoms with van der Waals surface area (Å²) in [7, 11) is -2.15. The number of imidazole rings is 1. The van der Waals surface area contributed by atoms with Crippen LogP contribution in [0.3, 0.4) is 0 Å². The van der Waals surface area contributed by atoms with Crippen LogP contribution in [0.15, 0.2) is 59.8 Å². The number of fused-ring (bicyclic) bond motifs is 2. The minimum absolute atomic E-state index is 0.0814. The summed E-state index contributed by atoms with van der Waals surface area (Å²) >= 11 is 0. The molecule has 4 aromatic rings. The van der Waals surface area contributed by atoms with Gasteiger partial charge < -0.3 is 10.6 Å². The van der Waals surface area contributed by atoms with Gasteiger partial charge in [0.2, 0.25) is 5.95 Å². The van der Waals surface area contributed by atoms with E-state index in [1.807, 2.05) is 19.1 Å². The average molecular weight is 435 g/mol. The molecule has 158 valence electrons. The van der Waals surface area contributed by atoms with Gasteiger partial charge in [-0.2, -0.15) is 9.97 Å². The highest BCUT2D eigenvalue weighted by Gasteiger charge is 2.26. The van der Waals surface area contributed by atoms with Gasteiger partial charge in [0.25, 0.3) is 10.0 Å². The van der Waals surface area contributed by atoms with Crippen molar-refractivity contribution < 1.29 is 8.42 Å². The molecule has 0 amide bonds. The van der Waals surface area contributed by atoms with Crippen molar-refractivity contribution in [3.8, 4) is 0 Å². The van der Waals surface area contributed by atoms with Crippen molar-refractivity contribution in [1.29, 1.82) is 0 Å². The second-order valence-electron chi connectivity index (χ2n) is 7.61. The summed E-state index contributed by atoms with van der Waals surface area (Å²) in [5.41, 5.74) is 4.17. The third-order valence-corrected chi connectivity index (χ3v) is 7.26. The monoisotopic (exact) mass is 434 g/mol. The van der Waals surface area contributed by atoms with Gasteiger partial charge in [0.1, 0.15) is 6.33 Å². The summed E-state index contributed by atoms with van der Waals surface area (Å²) in [5.74, 6) is 0.830. The van der Waals surface area contributed by atoms with Crippen LogP contribution >= 0.6 is 0 Å². The van der Waals surface area contributed by atoms with Crippen molar-refractivity contribution >= 4 is 33.0 Å². The van der Waals surface area contributed by atoms with E-state index in [9.17, 15) is 8.42 Å². The van der Waals surface area contributed by atoms with Gasteiger partial charge in [-0.15, -0.1) is 0 Å². The van der Waals surface area contributed by atoms with Crippen molar-refractivity contribution in [1.82, 2.24) is 18.9 Å². The lowest BCUT2D eigenvalue weighted by atomic mass is 10.1. The third kappa shape index (κ3) is 3.31. The number of aryl methyl sites for hydroxylation is 2. The molecular weight excluding hydrogens is 412 g/mol. The van der Waals surface area contributed by atoms with E-state index in [0.717, 1.165) is 22.4 Å². The molecular formula is C22H22N6O2S. The minimum Gasteiger partial charge on any atom is -0.361 e. The van der Waals surface area contributed by atoms with Crippen LogP contribution in [0.5, 0.6) is 0 Å². The summed E-state index contributed by atoms with van der Waals surface area (Å²) in [6.45, 7) is 1.91. The molecule has 0 saturated carbocycles. The normalized spacial score (nSPS) is 15.7. The fourth-order valence-electron chi connectivity index (χ4n) is 3.96. The van der Waals surface area contributed by atoms with Gasteiger partial charge in [0, 0.05) is 7.05 Å². The first-order valence-corrected chi connectivity index (χ1v) is 11.5. The zero-order valence-electron chi connectivity index (χ0n) is 17.2. The highest BCUT2D eigenvalue weighted by atomic mass is 32.2. The second-order valence-corrected chi connectivity index (χ2v) is 9.43. The Hall–Kier alpha value is -3.46. The van der Waals surface area contributed by atoms with Gasteiger partial charge in [0.05, 0.1) is 10.9 Å². The molecule has 2 heterocycles. The smallest absolute Gasteiger partial charge is 0.270 e. The second kappa shape index (κ2) is 7.35. The van der Waals surface area contributed by atoms with Crippen LogP contribution in [-0.2, 0) is 16.4 Å². The number of nitrogens with one attached hydrogen (secondary N) is 2. The lowest BCUT2D eigenvalue weighted by Crippen LogP contribution is -2.14. The van der Waals surface area contributed by atoms with E-state index in [4.69, 9.17) is 0 Å². The SMILES string of the molecule is CNc1nc(N[C@H]2CCc3ccccc32)c2ncn(S(=O)(=O)c3ccc(C)cc3)c2n1. The van der Waals surface area contributed by atoms with Gasteiger partial charge in [0.15, 0.2) is 17.0 Å². The van der Waals surface area contributed by atoms with E-state index in [1.165, 1.54) is 17.5 Å². The molecule has 1 aliphatic rings. The predicted molar refractivity (Wildman–Crippen MR) is 120 cm³/mol. The van der Waals surface area contributed by atoms with E-state index >= 15 is 0 Å². The molecule has 2 aromatic carbocycles. The van der Waals surface area contributed by atoms with Gasteiger partial charge in [-0.05, 0) is 43.0 Å². The van der Waals surface area contributed by atoms with Crippen molar-refractivity contribution in [3.63, 3.8) is 0 Å². The minimum atomic E-state index is -3.85. The number of anilines is 2. The van der Waals surface area contributed by atoms with Gasteiger partial charge in [-0.25, -0.2) is 17.4 Å². The van der Waals surface area contributed by atoms with Crippen molar-refractivity contribution in [2.24, 2.45) is 0 Å². The summed E-state index contributed by atoms with van der Waals surface area (Å²) < 4.78 is 27.6. The largest absolute Gasteiger partial charge is 0.361 e. The van der Waals surface area contributed by atoms with E-state index in [2.05, 4.69) is 37.7 Å². The first-order valence-electron chi connectivity index (χ1n) is 10.1. The average Bonchev–Trinajstić information content (AvgIpc) is 3.39. The molecule has 31 heavy (non-hydrogen) atoms. The highest BCUT2D eigenvalue weighted by molar-refractivity contribution is 7.90. The van der Waals surface area contributed by atoms with Crippen LogP contribution in [0.1, 0.15) is 29.2 Å². The number of nitrogens with zero attached hydrogens (tertiary/aromatic N) is 4. The Morgan fingerprint density at radius 2 is 1.84 bits per heavy atom. The predicted octanol–water partition coefficient (Wildman–Crippen LogP) is 3.51. The van der Waals surface area contributed by atoms with E-state index < -0.39 is 10.0 Å². The molecule has 1 aliphatic carbocycles. The lowest BCUT2D eigenvalue weighted by Gasteiger charge is -2.16. The van der Waals surface area contributed by atoms with Crippen LogP contribution in [0, 0.1) is 6.92 Å². The van der Waals surface area contributed by atoms with Crippen molar-refractivity contribution in [2.45, 2.75) is 30.7 Å². The first kappa shape index (κ1) is 19.5. The zero-order valence-corrected chi connectivity index (χ0v) is 18.0. The summed E-state index contributed by atoms with van der Waals surface area (Å²) in [5, 5.41) is 6.39. The molecule has 1 atom stereocenters. The van der Waals surface area contributed by atoms with Crippen LogP contribution in [0.2, 0.25) is 0 Å². The van der Waals surface area contributed by atoms with Gasteiger partial charge in [-0.1, -0.05) is 42.0 Å². The number of hydrogen-bond acceptors (Lipinski definition) is 7. The molecule has 8 nitrogen and oxygen atoms in total. The quantitative estimate of drug-likeness (QED) is 0.495. The summed E-state index contributed by atoms with van der Waals surface area (Å²) in [6, 6.07) is 15.1. The Morgan fingerprint density at radius 3 is 2.61 bits per heavy atom. The summed E-state index contributed by atoms with van der Waals surface area (Å²) in [6.07, 6.45) is 3.21. The van der Waals surface area contributed by atoms with Crippen LogP contribution in [0.4, 0.5) is 11.8 Å². The molecule has 2 N–H and O–H groups in total. The Balaban J connectivity index is 1.60. The molecule has 0 saturated heterocycles. The van der Waals surface area contributed by atoms with Crippen molar-refractivity contribution in [2.75, 3.05) is 17.7 Å². The Bertz CT molecular complexity index is 1380. The number of rotatable bonds is 5. The highest BCUT2D eigenvalue weighted by Crippen LogP contribution is 2.35. The Labute approximate surface area is 180 Å². The molecule has 0 unspecified atom stereocenters. The zero-order chi connectivity index (χ0) is 21.6. The standard InChI is InChI=1S/C22H22N6O2S/c1-14-7-10-16(11-8-14)31(29,30)28-13-24-19-20(26-22(23-2)27-21(19)28)25-18-12-9-15-5-3-4-6-17(15)18/h3-8,10-11,13,18H,9,12H2,1-2H3,(H2,23,25,26,27)/t18-/m0/s1. The van der Waals surface area contributed by atoms with Crippen LogP contribution in [-0.4, -0.2) is 34.4 Å². The fourth-order valence-corrected chi connectivity index (χ4v) is 5.20. The first-order chi connectivity index (χ1) is 15.0. The fraction of sp³-hybridized carbons (Fsp3) is 0.227. The van der Waals surface area contributed by atoms with Crippen LogP contribution < -0.4 is 10.6 Å².